The molecule has 96 valence electrons. The minimum absolute atomic E-state index is 0.254. The standard InChI is InChI=1S/C16H26O/c17-16(15-11-5-2-6-12-15)13-7-10-14-8-3-1-4-9-14/h10,13-17H,1-6,8-9,11-12H2. The molecule has 1 heteroatoms. The van der Waals surface area contributed by atoms with Gasteiger partial charge in [-0.25, -0.2) is 0 Å². The largest absolute Gasteiger partial charge is 0.388 e. The fraction of sp³-hybridized carbons (Fsp3) is 0.812. The quantitative estimate of drug-likeness (QED) is 0.725. The van der Waals surface area contributed by atoms with Crippen LogP contribution in [0.25, 0.3) is 0 Å². The van der Waals surface area contributed by atoms with Crippen LogP contribution < -0.4 is 0 Å². The van der Waals surface area contributed by atoms with Crippen LogP contribution in [0, 0.1) is 11.8 Å². The molecular formula is C16H26O. The van der Waals surface area contributed by atoms with Crippen molar-refractivity contribution in [3.8, 4) is 0 Å². The second-order valence-corrected chi connectivity index (χ2v) is 5.79. The van der Waals surface area contributed by atoms with E-state index in [9.17, 15) is 5.11 Å². The highest BCUT2D eigenvalue weighted by molar-refractivity contribution is 4.96. The SMILES string of the molecule is OC(C=C=CC1CCCCC1)C1CCCCC1. The van der Waals surface area contributed by atoms with Crippen LogP contribution in [0.4, 0.5) is 0 Å². The average Bonchev–Trinajstić information content (AvgIpc) is 2.41. The van der Waals surface area contributed by atoms with Crippen molar-refractivity contribution in [2.75, 3.05) is 0 Å². The van der Waals surface area contributed by atoms with Gasteiger partial charge >= 0.3 is 0 Å². The van der Waals surface area contributed by atoms with E-state index in [1.54, 1.807) is 0 Å². The minimum atomic E-state index is -0.254. The minimum Gasteiger partial charge on any atom is -0.388 e. The second-order valence-electron chi connectivity index (χ2n) is 5.79. The summed E-state index contributed by atoms with van der Waals surface area (Å²) in [5.74, 6) is 1.22. The van der Waals surface area contributed by atoms with Gasteiger partial charge in [0, 0.05) is 0 Å². The zero-order valence-electron chi connectivity index (χ0n) is 10.9. The molecule has 1 atom stereocenters. The molecule has 0 heterocycles. The summed E-state index contributed by atoms with van der Waals surface area (Å²) < 4.78 is 0. The van der Waals surface area contributed by atoms with Gasteiger partial charge in [0.25, 0.3) is 0 Å². The third-order valence-electron chi connectivity index (χ3n) is 4.38. The number of aliphatic hydroxyl groups excluding tert-OH is 1. The number of rotatable bonds is 3. The Balaban J connectivity index is 1.79. The van der Waals surface area contributed by atoms with Gasteiger partial charge in [0.05, 0.1) is 6.10 Å². The maximum absolute atomic E-state index is 10.1. The molecule has 0 radical (unpaired) electrons. The van der Waals surface area contributed by atoms with Crippen LogP contribution in [0.2, 0.25) is 0 Å². The van der Waals surface area contributed by atoms with Gasteiger partial charge in [-0.1, -0.05) is 38.5 Å². The molecule has 2 fully saturated rings. The Morgan fingerprint density at radius 3 is 2.12 bits per heavy atom. The first-order valence-corrected chi connectivity index (χ1v) is 7.47. The third-order valence-corrected chi connectivity index (χ3v) is 4.38. The Morgan fingerprint density at radius 1 is 0.882 bits per heavy atom. The molecule has 0 amide bonds. The van der Waals surface area contributed by atoms with Crippen LogP contribution in [-0.2, 0) is 0 Å². The molecule has 2 aliphatic carbocycles. The normalized spacial score (nSPS) is 25.0. The van der Waals surface area contributed by atoms with Gasteiger partial charge in [0.15, 0.2) is 0 Å². The van der Waals surface area contributed by atoms with Gasteiger partial charge in [-0.3, -0.25) is 0 Å². The first-order valence-electron chi connectivity index (χ1n) is 7.47. The van der Waals surface area contributed by atoms with Crippen LogP contribution in [0.3, 0.4) is 0 Å². The summed E-state index contributed by atoms with van der Waals surface area (Å²) >= 11 is 0. The molecule has 1 nitrogen and oxygen atoms in total. The first kappa shape index (κ1) is 12.9. The van der Waals surface area contributed by atoms with Gasteiger partial charge in [-0.2, -0.15) is 0 Å². The van der Waals surface area contributed by atoms with E-state index < -0.39 is 0 Å². The molecule has 0 spiro atoms. The predicted molar refractivity (Wildman–Crippen MR) is 71.8 cm³/mol. The highest BCUT2D eigenvalue weighted by atomic mass is 16.3. The monoisotopic (exact) mass is 234 g/mol. The van der Waals surface area contributed by atoms with Crippen molar-refractivity contribution in [2.45, 2.75) is 70.3 Å². The third kappa shape index (κ3) is 4.33. The summed E-state index contributed by atoms with van der Waals surface area (Å²) in [6.45, 7) is 0. The lowest BCUT2D eigenvalue weighted by atomic mass is 9.85. The lowest BCUT2D eigenvalue weighted by Crippen LogP contribution is -2.20. The molecule has 17 heavy (non-hydrogen) atoms. The molecule has 1 N–H and O–H groups in total. The molecule has 0 saturated heterocycles. The number of hydrogen-bond acceptors (Lipinski definition) is 1. The van der Waals surface area contributed by atoms with Gasteiger partial charge in [0.1, 0.15) is 0 Å². The maximum Gasteiger partial charge on any atom is 0.0822 e. The molecule has 0 aromatic heterocycles. The molecule has 2 saturated carbocycles. The first-order chi connectivity index (χ1) is 8.36. The van der Waals surface area contributed by atoms with Crippen LogP contribution in [0.15, 0.2) is 17.9 Å². The van der Waals surface area contributed by atoms with Gasteiger partial charge < -0.3 is 5.11 Å². The predicted octanol–water partition coefficient (Wildman–Crippen LogP) is 4.22. The number of hydrogen-bond donors (Lipinski definition) is 1. The van der Waals surface area contributed by atoms with Crippen LogP contribution in [0.1, 0.15) is 64.2 Å². The molecule has 0 aromatic rings. The fourth-order valence-electron chi connectivity index (χ4n) is 3.20. The average molecular weight is 234 g/mol. The van der Waals surface area contributed by atoms with Crippen molar-refractivity contribution in [1.82, 2.24) is 0 Å². The Labute approximate surface area is 106 Å². The second kappa shape index (κ2) is 7.03. The molecule has 0 aromatic carbocycles. The van der Waals surface area contributed by atoms with Crippen molar-refractivity contribution in [1.29, 1.82) is 0 Å². The lowest BCUT2D eigenvalue weighted by molar-refractivity contribution is 0.125. The molecule has 0 bridgehead atoms. The highest BCUT2D eigenvalue weighted by Crippen LogP contribution is 2.27. The van der Waals surface area contributed by atoms with Crippen LogP contribution >= 0.6 is 0 Å². The highest BCUT2D eigenvalue weighted by Gasteiger charge is 2.19. The summed E-state index contributed by atoms with van der Waals surface area (Å²) in [6.07, 6.45) is 17.0. The molecule has 0 aliphatic heterocycles. The van der Waals surface area contributed by atoms with E-state index in [-0.39, 0.29) is 6.10 Å². The van der Waals surface area contributed by atoms with Crippen molar-refractivity contribution < 1.29 is 5.11 Å². The Bertz CT molecular complexity index is 263. The Kier molecular flexibility index (Phi) is 5.35. The van der Waals surface area contributed by atoms with Gasteiger partial charge in [-0.15, -0.1) is 5.73 Å². The zero-order valence-corrected chi connectivity index (χ0v) is 10.9. The Hall–Kier alpha value is -0.520. The van der Waals surface area contributed by atoms with E-state index in [2.05, 4.69) is 11.8 Å². The summed E-state index contributed by atoms with van der Waals surface area (Å²) in [5, 5.41) is 10.1. The summed E-state index contributed by atoms with van der Waals surface area (Å²) in [5.41, 5.74) is 3.25. The fourth-order valence-corrected chi connectivity index (χ4v) is 3.20. The van der Waals surface area contributed by atoms with E-state index >= 15 is 0 Å². The maximum atomic E-state index is 10.1. The molecule has 2 rings (SSSR count). The summed E-state index contributed by atoms with van der Waals surface area (Å²) in [7, 11) is 0. The topological polar surface area (TPSA) is 20.2 Å². The van der Waals surface area contributed by atoms with E-state index in [4.69, 9.17) is 0 Å². The molecule has 1 unspecified atom stereocenters. The van der Waals surface area contributed by atoms with Crippen molar-refractivity contribution in [3.63, 3.8) is 0 Å². The van der Waals surface area contributed by atoms with Crippen molar-refractivity contribution in [2.24, 2.45) is 11.8 Å². The van der Waals surface area contributed by atoms with Crippen molar-refractivity contribution >= 4 is 0 Å². The summed E-state index contributed by atoms with van der Waals surface area (Å²) in [4.78, 5) is 0. The van der Waals surface area contributed by atoms with Crippen molar-refractivity contribution in [3.05, 3.63) is 17.9 Å². The van der Waals surface area contributed by atoms with Gasteiger partial charge in [-0.05, 0) is 49.7 Å². The van der Waals surface area contributed by atoms with E-state index in [0.717, 1.165) is 5.92 Å². The van der Waals surface area contributed by atoms with Crippen LogP contribution in [0.5, 0.6) is 0 Å². The molecule has 2 aliphatic rings. The zero-order chi connectivity index (χ0) is 11.9. The van der Waals surface area contributed by atoms with Gasteiger partial charge in [0.2, 0.25) is 0 Å². The van der Waals surface area contributed by atoms with E-state index in [0.29, 0.717) is 5.92 Å². The van der Waals surface area contributed by atoms with E-state index in [1.165, 1.54) is 64.2 Å². The van der Waals surface area contributed by atoms with Crippen LogP contribution in [-0.4, -0.2) is 11.2 Å². The summed E-state index contributed by atoms with van der Waals surface area (Å²) in [6, 6.07) is 0. The van der Waals surface area contributed by atoms with E-state index in [1.807, 2.05) is 6.08 Å². The molecular weight excluding hydrogens is 208 g/mol. The number of aliphatic hydroxyl groups is 1. The smallest absolute Gasteiger partial charge is 0.0822 e. The Morgan fingerprint density at radius 2 is 1.47 bits per heavy atom. The lowest BCUT2D eigenvalue weighted by Gasteiger charge is -2.24.